The van der Waals surface area contributed by atoms with E-state index in [0.29, 0.717) is 0 Å². The normalized spacial score (nSPS) is 25.2. The molecule has 0 unspecified atom stereocenters. The Morgan fingerprint density at radius 1 is 1.27 bits per heavy atom. The highest BCUT2D eigenvalue weighted by Gasteiger charge is 2.56. The first-order valence-electron chi connectivity index (χ1n) is 4.18. The maximum absolute atomic E-state index is 10.9. The monoisotopic (exact) mass is 155 g/mol. The second kappa shape index (κ2) is 1.97. The molecule has 11 heavy (non-hydrogen) atoms. The lowest BCUT2D eigenvalue weighted by atomic mass is 9.89. The van der Waals surface area contributed by atoms with Gasteiger partial charge >= 0.3 is 5.97 Å². The van der Waals surface area contributed by atoms with Crippen molar-refractivity contribution in [3.63, 3.8) is 0 Å². The van der Waals surface area contributed by atoms with E-state index in [2.05, 4.69) is 0 Å². The van der Waals surface area contributed by atoms with Crippen molar-refractivity contribution in [2.24, 2.45) is 17.6 Å². The Kier molecular flexibility index (Phi) is 1.27. The van der Waals surface area contributed by atoms with E-state index in [9.17, 15) is 4.79 Å². The SMILES string of the molecule is NC(C(=O)O)(C1CC1)C1CC1. The maximum atomic E-state index is 10.9. The van der Waals surface area contributed by atoms with E-state index in [1.165, 1.54) is 0 Å². The van der Waals surface area contributed by atoms with Crippen LogP contribution in [0.5, 0.6) is 0 Å². The van der Waals surface area contributed by atoms with Crippen molar-refractivity contribution in [3.8, 4) is 0 Å². The van der Waals surface area contributed by atoms with Crippen LogP contribution < -0.4 is 5.73 Å². The topological polar surface area (TPSA) is 63.3 Å². The van der Waals surface area contributed by atoms with Crippen LogP contribution in [-0.2, 0) is 4.79 Å². The molecule has 0 aromatic heterocycles. The van der Waals surface area contributed by atoms with E-state index in [1.807, 2.05) is 0 Å². The minimum atomic E-state index is -0.861. The summed E-state index contributed by atoms with van der Waals surface area (Å²) in [6.07, 6.45) is 4.05. The minimum absolute atomic E-state index is 0.271. The van der Waals surface area contributed by atoms with E-state index in [4.69, 9.17) is 10.8 Å². The van der Waals surface area contributed by atoms with Gasteiger partial charge in [-0.3, -0.25) is 4.79 Å². The molecule has 0 amide bonds. The van der Waals surface area contributed by atoms with Crippen LogP contribution in [0.1, 0.15) is 25.7 Å². The third kappa shape index (κ3) is 0.948. The van der Waals surface area contributed by atoms with Gasteiger partial charge in [-0.2, -0.15) is 0 Å². The van der Waals surface area contributed by atoms with Gasteiger partial charge in [0.15, 0.2) is 0 Å². The number of aliphatic carboxylic acids is 1. The molecule has 2 aliphatic rings. The Hall–Kier alpha value is -0.570. The summed E-state index contributed by atoms with van der Waals surface area (Å²) in [6.45, 7) is 0. The summed E-state index contributed by atoms with van der Waals surface area (Å²) in [6, 6.07) is 0. The van der Waals surface area contributed by atoms with Crippen LogP contribution in [-0.4, -0.2) is 16.6 Å². The fourth-order valence-corrected chi connectivity index (χ4v) is 1.80. The summed E-state index contributed by atoms with van der Waals surface area (Å²) < 4.78 is 0. The number of rotatable bonds is 3. The predicted molar refractivity (Wildman–Crippen MR) is 40.0 cm³/mol. The zero-order chi connectivity index (χ0) is 8.06. The lowest BCUT2D eigenvalue weighted by Gasteiger charge is -2.23. The average molecular weight is 155 g/mol. The quantitative estimate of drug-likeness (QED) is 0.627. The zero-order valence-electron chi connectivity index (χ0n) is 6.42. The third-order valence-electron chi connectivity index (χ3n) is 2.88. The first kappa shape index (κ1) is 7.10. The van der Waals surface area contributed by atoms with Crippen molar-refractivity contribution in [1.29, 1.82) is 0 Å². The second-order valence-corrected chi connectivity index (χ2v) is 3.79. The third-order valence-corrected chi connectivity index (χ3v) is 2.88. The maximum Gasteiger partial charge on any atom is 0.324 e. The van der Waals surface area contributed by atoms with Crippen LogP contribution in [0.4, 0.5) is 0 Å². The average Bonchev–Trinajstić information content (AvgIpc) is 2.79. The molecular formula is C8H13NO2. The van der Waals surface area contributed by atoms with Crippen LogP contribution in [0, 0.1) is 11.8 Å². The lowest BCUT2D eigenvalue weighted by molar-refractivity contribution is -0.145. The van der Waals surface area contributed by atoms with Gasteiger partial charge < -0.3 is 10.8 Å². The number of carboxylic acids is 1. The van der Waals surface area contributed by atoms with Crippen molar-refractivity contribution in [2.75, 3.05) is 0 Å². The largest absolute Gasteiger partial charge is 0.480 e. The van der Waals surface area contributed by atoms with Gasteiger partial charge in [0.05, 0.1) is 0 Å². The molecule has 0 aliphatic heterocycles. The van der Waals surface area contributed by atoms with Crippen LogP contribution in [0.25, 0.3) is 0 Å². The van der Waals surface area contributed by atoms with Gasteiger partial charge in [0.2, 0.25) is 0 Å². The van der Waals surface area contributed by atoms with Gasteiger partial charge in [-0.1, -0.05) is 0 Å². The van der Waals surface area contributed by atoms with Crippen molar-refractivity contribution in [2.45, 2.75) is 31.2 Å². The molecule has 0 bridgehead atoms. The van der Waals surface area contributed by atoms with Gasteiger partial charge in [-0.15, -0.1) is 0 Å². The summed E-state index contributed by atoms with van der Waals surface area (Å²) in [7, 11) is 0. The number of carboxylic acid groups (broad SMARTS) is 1. The molecule has 0 radical (unpaired) electrons. The smallest absolute Gasteiger partial charge is 0.324 e. The Morgan fingerprint density at radius 3 is 1.82 bits per heavy atom. The predicted octanol–water partition coefficient (Wildman–Crippen LogP) is 0.588. The van der Waals surface area contributed by atoms with Gasteiger partial charge in [-0.25, -0.2) is 0 Å². The highest BCUT2D eigenvalue weighted by Crippen LogP contribution is 2.50. The minimum Gasteiger partial charge on any atom is -0.480 e. The molecule has 0 aromatic carbocycles. The number of carbonyl (C=O) groups is 1. The van der Waals surface area contributed by atoms with Crippen molar-refractivity contribution in [1.82, 2.24) is 0 Å². The number of hydrogen-bond donors (Lipinski definition) is 2. The summed E-state index contributed by atoms with van der Waals surface area (Å²) in [5.41, 5.74) is 4.99. The van der Waals surface area contributed by atoms with Gasteiger partial charge in [0.25, 0.3) is 0 Å². The fraction of sp³-hybridized carbons (Fsp3) is 0.875. The van der Waals surface area contributed by atoms with E-state index in [-0.39, 0.29) is 11.8 Å². The number of nitrogens with two attached hydrogens (primary N) is 1. The van der Waals surface area contributed by atoms with Crippen LogP contribution in [0.15, 0.2) is 0 Å². The first-order chi connectivity index (χ1) is 5.15. The molecule has 0 saturated heterocycles. The molecule has 62 valence electrons. The Morgan fingerprint density at radius 2 is 1.64 bits per heavy atom. The van der Waals surface area contributed by atoms with E-state index in [1.54, 1.807) is 0 Å². The molecule has 0 atom stereocenters. The van der Waals surface area contributed by atoms with Crippen LogP contribution in [0.3, 0.4) is 0 Å². The van der Waals surface area contributed by atoms with E-state index < -0.39 is 11.5 Å². The lowest BCUT2D eigenvalue weighted by Crippen LogP contribution is -2.52. The van der Waals surface area contributed by atoms with Gasteiger partial charge in [0, 0.05) is 0 Å². The van der Waals surface area contributed by atoms with Gasteiger partial charge in [-0.05, 0) is 37.5 Å². The molecule has 3 nitrogen and oxygen atoms in total. The molecule has 0 aromatic rings. The summed E-state index contributed by atoms with van der Waals surface area (Å²) >= 11 is 0. The molecule has 3 N–H and O–H groups in total. The molecule has 2 rings (SSSR count). The fourth-order valence-electron chi connectivity index (χ4n) is 1.80. The molecule has 3 heteroatoms. The standard InChI is InChI=1S/C8H13NO2/c9-8(7(10)11,5-1-2-5)6-3-4-6/h5-6H,1-4,9H2,(H,10,11). The molecule has 2 aliphatic carbocycles. The van der Waals surface area contributed by atoms with Crippen LogP contribution in [0.2, 0.25) is 0 Å². The molecule has 0 heterocycles. The van der Waals surface area contributed by atoms with Crippen molar-refractivity contribution >= 4 is 5.97 Å². The Balaban J connectivity index is 2.16. The van der Waals surface area contributed by atoms with E-state index >= 15 is 0 Å². The van der Waals surface area contributed by atoms with Gasteiger partial charge in [0.1, 0.15) is 5.54 Å². The molecule has 0 spiro atoms. The van der Waals surface area contributed by atoms with Crippen molar-refractivity contribution < 1.29 is 9.90 Å². The summed E-state index contributed by atoms with van der Waals surface area (Å²) in [4.78, 5) is 10.9. The summed E-state index contributed by atoms with van der Waals surface area (Å²) in [5, 5.41) is 8.93. The second-order valence-electron chi connectivity index (χ2n) is 3.79. The zero-order valence-corrected chi connectivity index (χ0v) is 6.42. The van der Waals surface area contributed by atoms with Crippen LogP contribution >= 0.6 is 0 Å². The van der Waals surface area contributed by atoms with Crippen molar-refractivity contribution in [3.05, 3.63) is 0 Å². The highest BCUT2D eigenvalue weighted by molar-refractivity contribution is 5.80. The van der Waals surface area contributed by atoms with E-state index in [0.717, 1.165) is 25.7 Å². The molecule has 2 saturated carbocycles. The Labute approximate surface area is 65.6 Å². The summed E-state index contributed by atoms with van der Waals surface area (Å²) in [5.74, 6) is -0.248. The first-order valence-corrected chi connectivity index (χ1v) is 4.18. The molecular weight excluding hydrogens is 142 g/mol. The highest BCUT2D eigenvalue weighted by atomic mass is 16.4. The Bertz CT molecular complexity index is 182. The molecule has 2 fully saturated rings. The number of hydrogen-bond acceptors (Lipinski definition) is 2.